The van der Waals surface area contributed by atoms with Crippen LogP contribution in [0.2, 0.25) is 5.02 Å². The number of nitrogens with zero attached hydrogens (tertiary/aromatic N) is 2. The number of benzene rings is 2. The lowest BCUT2D eigenvalue weighted by Crippen LogP contribution is -1.95. The highest BCUT2D eigenvalue weighted by molar-refractivity contribution is 6.30. The van der Waals surface area contributed by atoms with Crippen LogP contribution in [0.15, 0.2) is 47.6 Å². The monoisotopic (exact) mass is 292 g/mol. The summed E-state index contributed by atoms with van der Waals surface area (Å²) in [5.74, 6) is 0.522. The quantitative estimate of drug-likeness (QED) is 0.401. The molecule has 2 aromatic carbocycles. The minimum atomic E-state index is -0.569. The van der Waals surface area contributed by atoms with Crippen LogP contribution in [0.25, 0.3) is 0 Å². The molecule has 0 unspecified atom stereocenters. The average molecular weight is 293 g/mol. The molecule has 0 radical (unpaired) electrons. The van der Waals surface area contributed by atoms with Gasteiger partial charge in [-0.25, -0.2) is 0 Å². The van der Waals surface area contributed by atoms with Crippen molar-refractivity contribution in [3.63, 3.8) is 0 Å². The van der Waals surface area contributed by atoms with E-state index >= 15 is 0 Å². The first-order valence-corrected chi connectivity index (χ1v) is 5.87. The molecule has 0 aliphatic rings. The molecule has 0 saturated heterocycles. The SMILES string of the molecule is O=[N+]([O-])c1cc(/C=N/O)ccc1Oc1ccc(Cl)cc1. The predicted octanol–water partition coefficient (Wildman–Crippen LogP) is 3.85. The second kappa shape index (κ2) is 6.03. The van der Waals surface area contributed by atoms with Crippen LogP contribution in [-0.2, 0) is 0 Å². The number of nitro benzene ring substituents is 1. The molecule has 0 bridgehead atoms. The summed E-state index contributed by atoms with van der Waals surface area (Å²) < 4.78 is 5.45. The molecule has 0 amide bonds. The number of oxime groups is 1. The molecular formula is C13H9ClN2O4. The maximum Gasteiger partial charge on any atom is 0.312 e. The molecule has 0 aromatic heterocycles. The molecule has 0 saturated carbocycles. The van der Waals surface area contributed by atoms with Gasteiger partial charge in [-0.3, -0.25) is 10.1 Å². The Morgan fingerprint density at radius 1 is 1.25 bits per heavy atom. The van der Waals surface area contributed by atoms with Gasteiger partial charge in [0.05, 0.1) is 11.1 Å². The van der Waals surface area contributed by atoms with Gasteiger partial charge in [-0.05, 0) is 36.4 Å². The Kier molecular flexibility index (Phi) is 4.17. The van der Waals surface area contributed by atoms with Crippen LogP contribution in [-0.4, -0.2) is 16.3 Å². The first kappa shape index (κ1) is 13.8. The normalized spacial score (nSPS) is 10.7. The van der Waals surface area contributed by atoms with Crippen molar-refractivity contribution in [1.29, 1.82) is 0 Å². The molecule has 0 atom stereocenters. The summed E-state index contributed by atoms with van der Waals surface area (Å²) in [5.41, 5.74) is 0.167. The molecule has 7 heteroatoms. The van der Waals surface area contributed by atoms with E-state index in [1.54, 1.807) is 24.3 Å². The zero-order valence-corrected chi connectivity index (χ0v) is 10.8. The zero-order chi connectivity index (χ0) is 14.5. The summed E-state index contributed by atoms with van der Waals surface area (Å²) in [6.07, 6.45) is 1.10. The van der Waals surface area contributed by atoms with E-state index in [1.165, 1.54) is 18.2 Å². The highest BCUT2D eigenvalue weighted by atomic mass is 35.5. The molecule has 0 heterocycles. The number of nitro groups is 1. The molecule has 0 aliphatic heterocycles. The van der Waals surface area contributed by atoms with Gasteiger partial charge in [-0.15, -0.1) is 0 Å². The van der Waals surface area contributed by atoms with Crippen molar-refractivity contribution in [3.05, 3.63) is 63.2 Å². The summed E-state index contributed by atoms with van der Waals surface area (Å²) in [5, 5.41) is 22.8. The van der Waals surface area contributed by atoms with Crippen LogP contribution in [0.4, 0.5) is 5.69 Å². The molecule has 0 spiro atoms. The summed E-state index contributed by atoms with van der Waals surface area (Å²) in [6, 6.07) is 10.7. The van der Waals surface area contributed by atoms with E-state index in [0.29, 0.717) is 16.3 Å². The van der Waals surface area contributed by atoms with E-state index in [0.717, 1.165) is 6.21 Å². The van der Waals surface area contributed by atoms with Gasteiger partial charge in [0.1, 0.15) is 5.75 Å². The predicted molar refractivity (Wildman–Crippen MR) is 74.0 cm³/mol. The van der Waals surface area contributed by atoms with Crippen molar-refractivity contribution in [2.75, 3.05) is 0 Å². The first-order chi connectivity index (χ1) is 9.60. The number of rotatable bonds is 4. The summed E-state index contributed by atoms with van der Waals surface area (Å²) in [7, 11) is 0. The van der Waals surface area contributed by atoms with Crippen LogP contribution >= 0.6 is 11.6 Å². The lowest BCUT2D eigenvalue weighted by molar-refractivity contribution is -0.385. The van der Waals surface area contributed by atoms with Crippen LogP contribution < -0.4 is 4.74 Å². The number of hydrogen-bond acceptors (Lipinski definition) is 5. The molecule has 0 fully saturated rings. The van der Waals surface area contributed by atoms with Gasteiger partial charge in [0.25, 0.3) is 0 Å². The fourth-order valence-corrected chi connectivity index (χ4v) is 1.67. The Morgan fingerprint density at radius 2 is 1.95 bits per heavy atom. The van der Waals surface area contributed by atoms with E-state index in [2.05, 4.69) is 5.16 Å². The number of hydrogen-bond donors (Lipinski definition) is 1. The van der Waals surface area contributed by atoms with E-state index in [9.17, 15) is 10.1 Å². The van der Waals surface area contributed by atoms with Crippen molar-refractivity contribution in [1.82, 2.24) is 0 Å². The largest absolute Gasteiger partial charge is 0.450 e. The topological polar surface area (TPSA) is 85.0 Å². The molecule has 2 aromatic rings. The summed E-state index contributed by atoms with van der Waals surface area (Å²) in [4.78, 5) is 10.5. The van der Waals surface area contributed by atoms with Gasteiger partial charge in [0.15, 0.2) is 0 Å². The van der Waals surface area contributed by atoms with Crippen molar-refractivity contribution in [2.45, 2.75) is 0 Å². The lowest BCUT2D eigenvalue weighted by Gasteiger charge is -2.06. The fourth-order valence-electron chi connectivity index (χ4n) is 1.54. The third-order valence-electron chi connectivity index (χ3n) is 2.43. The number of halogens is 1. The highest BCUT2D eigenvalue weighted by Crippen LogP contribution is 2.32. The van der Waals surface area contributed by atoms with E-state index in [1.807, 2.05) is 0 Å². The van der Waals surface area contributed by atoms with Crippen molar-refractivity contribution in [2.24, 2.45) is 5.16 Å². The van der Waals surface area contributed by atoms with Crippen molar-refractivity contribution in [3.8, 4) is 11.5 Å². The maximum atomic E-state index is 11.0. The Morgan fingerprint density at radius 3 is 2.55 bits per heavy atom. The molecule has 1 N–H and O–H groups in total. The first-order valence-electron chi connectivity index (χ1n) is 5.49. The highest BCUT2D eigenvalue weighted by Gasteiger charge is 2.16. The zero-order valence-electron chi connectivity index (χ0n) is 10.1. The molecule has 2 rings (SSSR count). The second-order valence-electron chi connectivity index (χ2n) is 3.78. The van der Waals surface area contributed by atoms with Gasteiger partial charge in [-0.2, -0.15) is 0 Å². The van der Waals surface area contributed by atoms with Crippen LogP contribution in [0.1, 0.15) is 5.56 Å². The lowest BCUT2D eigenvalue weighted by atomic mass is 10.2. The molecule has 6 nitrogen and oxygen atoms in total. The standard InChI is InChI=1S/C13H9ClN2O4/c14-10-2-4-11(5-3-10)20-13-6-1-9(8-15-17)7-12(13)16(18)19/h1-8,17H/b15-8+. The molecule has 20 heavy (non-hydrogen) atoms. The Bertz CT molecular complexity index is 656. The molecule has 0 aliphatic carbocycles. The third-order valence-corrected chi connectivity index (χ3v) is 2.68. The number of ether oxygens (including phenoxy) is 1. The van der Waals surface area contributed by atoms with Crippen LogP contribution in [0.3, 0.4) is 0 Å². The maximum absolute atomic E-state index is 11.0. The summed E-state index contributed by atoms with van der Waals surface area (Å²) >= 11 is 5.75. The second-order valence-corrected chi connectivity index (χ2v) is 4.22. The third kappa shape index (κ3) is 3.24. The van der Waals surface area contributed by atoms with E-state index in [4.69, 9.17) is 21.5 Å². The summed E-state index contributed by atoms with van der Waals surface area (Å²) in [6.45, 7) is 0. The fraction of sp³-hybridized carbons (Fsp3) is 0. The van der Waals surface area contributed by atoms with Gasteiger partial charge in [0.2, 0.25) is 5.75 Å². The van der Waals surface area contributed by atoms with E-state index < -0.39 is 4.92 Å². The van der Waals surface area contributed by atoms with Crippen LogP contribution in [0, 0.1) is 10.1 Å². The molecule has 102 valence electrons. The van der Waals surface area contributed by atoms with Crippen LogP contribution in [0.5, 0.6) is 11.5 Å². The molecular weight excluding hydrogens is 284 g/mol. The minimum absolute atomic E-state index is 0.0902. The smallest absolute Gasteiger partial charge is 0.312 e. The van der Waals surface area contributed by atoms with Gasteiger partial charge >= 0.3 is 5.69 Å². The van der Waals surface area contributed by atoms with Gasteiger partial charge in [-0.1, -0.05) is 16.8 Å². The Hall–Kier alpha value is -2.60. The van der Waals surface area contributed by atoms with E-state index in [-0.39, 0.29) is 11.4 Å². The van der Waals surface area contributed by atoms with Gasteiger partial charge < -0.3 is 9.94 Å². The average Bonchev–Trinajstić information content (AvgIpc) is 2.43. The minimum Gasteiger partial charge on any atom is -0.450 e. The van der Waals surface area contributed by atoms with Gasteiger partial charge in [0, 0.05) is 16.7 Å². The Balaban J connectivity index is 2.35. The van der Waals surface area contributed by atoms with Crippen molar-refractivity contribution < 1.29 is 14.9 Å². The van der Waals surface area contributed by atoms with Crippen molar-refractivity contribution >= 4 is 23.5 Å². The Labute approximate surface area is 119 Å².